The highest BCUT2D eigenvalue weighted by molar-refractivity contribution is 6.33. The summed E-state index contributed by atoms with van der Waals surface area (Å²) < 4.78 is 162. The van der Waals surface area contributed by atoms with E-state index < -0.39 is 58.2 Å². The van der Waals surface area contributed by atoms with Gasteiger partial charge in [-0.15, -0.1) is 0 Å². The molecule has 5 N–H and O–H groups in total. The van der Waals surface area contributed by atoms with Gasteiger partial charge in [-0.25, -0.2) is 73.2 Å². The third-order valence-corrected chi connectivity index (χ3v) is 23.4. The molecule has 2 aliphatic rings. The average Bonchev–Trinajstić information content (AvgIpc) is 1.65. The number of nitrogens with one attached hydrogen (secondary N) is 5. The SMILES string of the molecule is Cc1cccc(C)c1Nc1c(-c2ccc(F)cc2F)nc2cccc(C)n12.Cc1cccc(Cl)c1Nc1c(-c2ccc(F)cc2F)nc2cccc(C)n12.Cc1cccc2nc(-c3ccc(F)cc3F)c(NC3CCCC3)n12.Cc1cccc2nc(-c3ccc(F)cc3F)c(NC3CCCCC3)n12.Cc1cccc2nc(-c3ccc(F)cc3F)c(Nc3ccc(F)cc3)n12. The smallest absolute Gasteiger partial charge is 0.143 e. The van der Waals surface area contributed by atoms with Crippen molar-refractivity contribution < 1.29 is 48.3 Å². The molecule has 2 fully saturated rings. The van der Waals surface area contributed by atoms with Gasteiger partial charge in [0.2, 0.25) is 0 Å². The topological polar surface area (TPSA) is 147 Å². The second-order valence-electron chi connectivity index (χ2n) is 32.2. The Hall–Kier alpha value is -14.3. The molecule has 0 atom stereocenters. The van der Waals surface area contributed by atoms with Gasteiger partial charge in [-0.1, -0.05) is 104 Å². The Morgan fingerprint density at radius 3 is 0.814 bits per heavy atom. The van der Waals surface area contributed by atoms with Crippen molar-refractivity contribution in [3.8, 4) is 56.3 Å². The predicted octanol–water partition coefficient (Wildman–Crippen LogP) is 28.0. The number of rotatable bonds is 15. The second-order valence-corrected chi connectivity index (χ2v) is 32.6. The van der Waals surface area contributed by atoms with Crippen molar-refractivity contribution in [2.45, 2.75) is 125 Å². The van der Waals surface area contributed by atoms with E-state index in [0.717, 1.165) is 130 Å². The van der Waals surface area contributed by atoms with Crippen LogP contribution >= 0.6 is 11.6 Å². The highest BCUT2D eigenvalue weighted by Crippen LogP contribution is 2.42. The van der Waals surface area contributed by atoms with Crippen molar-refractivity contribution in [1.29, 1.82) is 0 Å². The second kappa shape index (κ2) is 38.1. The quantitative estimate of drug-likeness (QED) is 0.0629. The van der Waals surface area contributed by atoms with Gasteiger partial charge < -0.3 is 26.6 Å². The lowest BCUT2D eigenvalue weighted by molar-refractivity contribution is 0.461. The Balaban J connectivity index is 0.000000118. The molecule has 0 bridgehead atoms. The number of anilines is 8. The normalized spacial score (nSPS) is 12.8. The number of nitrogens with zero attached hydrogens (tertiary/aromatic N) is 10. The molecular formula is C102H89ClF11N15. The van der Waals surface area contributed by atoms with Crippen LogP contribution in [0.4, 0.5) is 94.4 Å². The summed E-state index contributed by atoms with van der Waals surface area (Å²) in [7, 11) is 0. The first kappa shape index (κ1) is 88.2. The van der Waals surface area contributed by atoms with Gasteiger partial charge in [0.05, 0.1) is 10.7 Å². The highest BCUT2D eigenvalue weighted by atomic mass is 35.5. The summed E-state index contributed by atoms with van der Waals surface area (Å²) >= 11 is 6.37. The minimum absolute atomic E-state index is 0.180. The summed E-state index contributed by atoms with van der Waals surface area (Å²) in [5.41, 5.74) is 17.2. The van der Waals surface area contributed by atoms with Gasteiger partial charge in [0.1, 0.15) is 150 Å². The van der Waals surface area contributed by atoms with E-state index in [0.29, 0.717) is 102 Å². The maximum Gasteiger partial charge on any atom is 0.143 e. The van der Waals surface area contributed by atoms with Crippen LogP contribution in [-0.2, 0) is 0 Å². The molecule has 0 unspecified atom stereocenters. The molecule has 0 saturated heterocycles. The van der Waals surface area contributed by atoms with E-state index in [2.05, 4.69) is 51.5 Å². The molecule has 656 valence electrons. The van der Waals surface area contributed by atoms with Crippen molar-refractivity contribution in [3.63, 3.8) is 0 Å². The standard InChI is InChI=1S/C22H19F2N3.C21H16ClF2N3.C20H14F3N3.C20H21F2N3.C19H19F2N3/c1-13-6-4-7-14(2)20(13)26-22-21(17-11-10-16(23)12-18(17)24)25-19-9-5-8-15(3)27(19)22;1-12-5-3-7-16(22)19(12)26-21-20(15-10-9-14(23)11-17(15)24)25-18-8-4-6-13(2)27(18)21;1-12-3-2-4-18-25-19(16-10-7-14(22)11-17(16)23)20(26(12)18)24-15-8-5-13(21)6-9-15;1-13-6-5-9-18-24-19(16-11-10-14(21)12-17(16)22)20(25(13)18)23-15-7-3-2-4-8-15;1-12-5-4-8-17-23-18(15-10-9-13(20)11-16(15)21)19(24(12)17)22-14-6-2-3-7-14/h4-12,26H,1-3H3;3-11,26H,1-2H3;2-11,24H,1H3;5-6,9-12,15,23H,2-4,7-8H2,1H3;4-5,8-11,14,22H,2-3,6-7H2,1H3. The van der Waals surface area contributed by atoms with Gasteiger partial charge >= 0.3 is 0 Å². The fourth-order valence-electron chi connectivity index (χ4n) is 16.6. The monoisotopic (exact) mass is 1770 g/mol. The molecule has 0 radical (unpaired) electrons. The van der Waals surface area contributed by atoms with Crippen LogP contribution in [-0.4, -0.2) is 59.0 Å². The molecule has 27 heteroatoms. The lowest BCUT2D eigenvalue weighted by Gasteiger charge is -2.24. The maximum absolute atomic E-state index is 14.5. The van der Waals surface area contributed by atoms with Crippen LogP contribution in [0.25, 0.3) is 84.5 Å². The van der Waals surface area contributed by atoms with Gasteiger partial charge in [-0.2, -0.15) is 0 Å². The van der Waals surface area contributed by atoms with Crippen molar-refractivity contribution >= 4 is 86.0 Å². The largest absolute Gasteiger partial charge is 0.367 e. The molecule has 18 aromatic rings. The van der Waals surface area contributed by atoms with Crippen LogP contribution in [0.5, 0.6) is 0 Å². The minimum Gasteiger partial charge on any atom is -0.367 e. The third kappa shape index (κ3) is 18.9. The number of fused-ring (bicyclic) bond motifs is 5. The fourth-order valence-corrected chi connectivity index (χ4v) is 16.9. The zero-order valence-electron chi connectivity index (χ0n) is 71.6. The number of para-hydroxylation sites is 2. The van der Waals surface area contributed by atoms with Gasteiger partial charge in [0.15, 0.2) is 0 Å². The molecule has 0 amide bonds. The van der Waals surface area contributed by atoms with Crippen molar-refractivity contribution in [1.82, 2.24) is 46.9 Å². The number of hydrogen-bond acceptors (Lipinski definition) is 10. The summed E-state index contributed by atoms with van der Waals surface area (Å²) in [5.74, 6) is -3.26. The Kier molecular flexibility index (Phi) is 26.1. The molecule has 20 rings (SSSR count). The predicted molar refractivity (Wildman–Crippen MR) is 491 cm³/mol. The number of halogens is 12. The van der Waals surface area contributed by atoms with Gasteiger partial charge in [-0.05, 0) is 249 Å². The lowest BCUT2D eigenvalue weighted by atomic mass is 9.95. The van der Waals surface area contributed by atoms with E-state index in [1.165, 1.54) is 105 Å². The summed E-state index contributed by atoms with van der Waals surface area (Å²) in [4.78, 5) is 23.0. The molecule has 2 aliphatic carbocycles. The van der Waals surface area contributed by atoms with Gasteiger partial charge in [0.25, 0.3) is 0 Å². The average molecular weight is 1770 g/mol. The highest BCUT2D eigenvalue weighted by Gasteiger charge is 2.29. The first-order valence-electron chi connectivity index (χ1n) is 42.3. The van der Waals surface area contributed by atoms with Crippen LogP contribution in [0, 0.1) is 119 Å². The van der Waals surface area contributed by atoms with E-state index in [-0.39, 0.29) is 22.5 Å². The minimum atomic E-state index is -0.701. The molecular weight excluding hydrogens is 1680 g/mol. The summed E-state index contributed by atoms with van der Waals surface area (Å²) in [5, 5.41) is 17.6. The molecule has 129 heavy (non-hydrogen) atoms. The number of aromatic nitrogens is 10. The third-order valence-electron chi connectivity index (χ3n) is 23.1. The first-order chi connectivity index (χ1) is 62.2. The fraction of sp³-hybridized carbons (Fsp3) is 0.186. The van der Waals surface area contributed by atoms with Crippen LogP contribution < -0.4 is 26.6 Å². The Morgan fingerprint density at radius 1 is 0.264 bits per heavy atom. The summed E-state index contributed by atoms with van der Waals surface area (Å²) in [6.45, 7) is 15.8. The number of pyridine rings is 5. The molecule has 0 spiro atoms. The van der Waals surface area contributed by atoms with Gasteiger partial charge in [-0.3, -0.25) is 22.0 Å². The zero-order valence-corrected chi connectivity index (χ0v) is 72.4. The van der Waals surface area contributed by atoms with Crippen LogP contribution in [0.15, 0.2) is 243 Å². The number of imidazole rings is 5. The van der Waals surface area contributed by atoms with E-state index in [4.69, 9.17) is 11.6 Å². The lowest BCUT2D eigenvalue weighted by Crippen LogP contribution is -2.23. The van der Waals surface area contributed by atoms with E-state index in [1.54, 1.807) is 24.3 Å². The first-order valence-corrected chi connectivity index (χ1v) is 42.7. The summed E-state index contributed by atoms with van der Waals surface area (Å²) in [6.07, 6.45) is 10.5. The van der Waals surface area contributed by atoms with Gasteiger partial charge in [0, 0.05) is 110 Å². The Morgan fingerprint density at radius 2 is 0.512 bits per heavy atom. The van der Waals surface area contributed by atoms with E-state index >= 15 is 0 Å². The van der Waals surface area contributed by atoms with Crippen LogP contribution in [0.1, 0.15) is 103 Å². The van der Waals surface area contributed by atoms with E-state index in [9.17, 15) is 48.3 Å². The van der Waals surface area contributed by atoms with Crippen molar-refractivity contribution in [3.05, 3.63) is 357 Å². The molecule has 10 heterocycles. The van der Waals surface area contributed by atoms with Crippen LogP contribution in [0.3, 0.4) is 0 Å². The van der Waals surface area contributed by atoms with Crippen molar-refractivity contribution in [2.24, 2.45) is 0 Å². The zero-order chi connectivity index (χ0) is 90.6. The molecule has 10 aromatic heterocycles. The molecule has 15 nitrogen and oxygen atoms in total. The number of hydrogen-bond donors (Lipinski definition) is 5. The molecule has 2 saturated carbocycles. The Labute approximate surface area is 742 Å². The van der Waals surface area contributed by atoms with E-state index in [1.807, 2.05) is 193 Å². The Bertz CT molecular complexity index is 6980. The number of benzene rings is 8. The molecule has 8 aromatic carbocycles. The molecule has 0 aliphatic heterocycles. The van der Waals surface area contributed by atoms with Crippen molar-refractivity contribution in [2.75, 3.05) is 26.6 Å². The maximum atomic E-state index is 14.5. The summed E-state index contributed by atoms with van der Waals surface area (Å²) in [6, 6.07) is 64.5. The van der Waals surface area contributed by atoms with Crippen LogP contribution in [0.2, 0.25) is 5.02 Å². The number of aryl methyl sites for hydroxylation is 8.